The Kier molecular flexibility index (Phi) is 8.08. The molecule has 0 unspecified atom stereocenters. The second kappa shape index (κ2) is 11.4. The summed E-state index contributed by atoms with van der Waals surface area (Å²) in [6, 6.07) is 18.5. The van der Waals surface area contributed by atoms with Crippen molar-refractivity contribution >= 4 is 35.2 Å². The second-order valence-corrected chi connectivity index (χ2v) is 7.47. The number of aliphatic carboxylic acids is 1. The topological polar surface area (TPSA) is 162 Å². The Morgan fingerprint density at radius 1 is 0.833 bits per heavy atom. The summed E-state index contributed by atoms with van der Waals surface area (Å²) in [6.45, 7) is 1.55. The average molecular weight is 492 g/mol. The van der Waals surface area contributed by atoms with Gasteiger partial charge in [-0.15, -0.1) is 0 Å². The Hall–Kier alpha value is -5.06. The third-order valence-electron chi connectivity index (χ3n) is 4.95. The van der Waals surface area contributed by atoms with E-state index >= 15 is 0 Å². The molecule has 0 aliphatic heterocycles. The van der Waals surface area contributed by atoms with Crippen LogP contribution in [0.15, 0.2) is 78.9 Å². The van der Waals surface area contributed by atoms with Gasteiger partial charge in [0.15, 0.2) is 0 Å². The number of nitro groups is 1. The smallest absolute Gasteiger partial charge is 0.349 e. The van der Waals surface area contributed by atoms with Crippen molar-refractivity contribution in [2.45, 2.75) is 19.1 Å². The van der Waals surface area contributed by atoms with Crippen LogP contribution >= 0.6 is 0 Å². The monoisotopic (exact) mass is 492 g/mol. The third-order valence-corrected chi connectivity index (χ3v) is 4.95. The Morgan fingerprint density at radius 3 is 1.81 bits per heavy atom. The lowest BCUT2D eigenvalue weighted by atomic mass is 10.1. The van der Waals surface area contributed by atoms with Crippen molar-refractivity contribution in [3.63, 3.8) is 0 Å². The van der Waals surface area contributed by atoms with Gasteiger partial charge < -0.3 is 19.9 Å². The number of aryl methyl sites for hydroxylation is 1. The normalized spacial score (nSPS) is 12.0. The molecule has 0 aliphatic rings. The van der Waals surface area contributed by atoms with Crippen LogP contribution in [0.5, 0.6) is 0 Å². The van der Waals surface area contributed by atoms with Crippen molar-refractivity contribution in [3.05, 3.63) is 106 Å². The van der Waals surface area contributed by atoms with Crippen LogP contribution in [0.3, 0.4) is 0 Å². The van der Waals surface area contributed by atoms with Gasteiger partial charge >= 0.3 is 17.9 Å². The number of rotatable bonds is 9. The minimum absolute atomic E-state index is 0.00632. The van der Waals surface area contributed by atoms with Crippen molar-refractivity contribution in [2.75, 3.05) is 5.32 Å². The van der Waals surface area contributed by atoms with Crippen LogP contribution in [0.2, 0.25) is 0 Å². The molecular formula is C25H20N2O9. The standard InChI is InChI=1S/C25H20N2O9/c1-15-12-13-18(27(33)34)14-19(15)26-22(28)20(35-24(31)16-8-4-2-5-9-16)21(23(29)30)36-25(32)17-10-6-3-7-11-17/h2-14,20-21H,1H3,(H,26,28)(H,29,30)/t20-,21-/m0/s1. The first-order valence-electron chi connectivity index (χ1n) is 10.5. The maximum atomic E-state index is 13.2. The van der Waals surface area contributed by atoms with E-state index in [1.165, 1.54) is 60.7 Å². The molecule has 0 aromatic heterocycles. The number of anilines is 1. The maximum absolute atomic E-state index is 13.2. The molecule has 2 atom stereocenters. The van der Waals surface area contributed by atoms with Crippen LogP contribution in [-0.4, -0.2) is 46.1 Å². The number of nitrogens with zero attached hydrogens (tertiary/aromatic N) is 1. The summed E-state index contributed by atoms with van der Waals surface area (Å²) in [6.07, 6.45) is -4.37. The number of benzene rings is 3. The fourth-order valence-electron chi connectivity index (χ4n) is 3.07. The van der Waals surface area contributed by atoms with Gasteiger partial charge in [0.05, 0.1) is 21.7 Å². The first kappa shape index (κ1) is 25.6. The summed E-state index contributed by atoms with van der Waals surface area (Å²) in [5.74, 6) is -5.04. The largest absolute Gasteiger partial charge is 0.478 e. The van der Waals surface area contributed by atoms with Gasteiger partial charge in [-0.05, 0) is 36.8 Å². The van der Waals surface area contributed by atoms with Gasteiger partial charge in [-0.1, -0.05) is 42.5 Å². The molecule has 0 heterocycles. The van der Waals surface area contributed by atoms with Crippen LogP contribution in [-0.2, 0) is 19.1 Å². The minimum Gasteiger partial charge on any atom is -0.478 e. The van der Waals surface area contributed by atoms with E-state index in [2.05, 4.69) is 5.32 Å². The molecule has 11 heteroatoms. The van der Waals surface area contributed by atoms with Crippen molar-refractivity contribution in [1.82, 2.24) is 0 Å². The number of carbonyl (C=O) groups excluding carboxylic acids is 3. The molecule has 0 spiro atoms. The summed E-state index contributed by atoms with van der Waals surface area (Å²) in [5.41, 5.74) is 0.0786. The second-order valence-electron chi connectivity index (χ2n) is 7.47. The summed E-state index contributed by atoms with van der Waals surface area (Å²) in [7, 11) is 0. The van der Waals surface area contributed by atoms with Gasteiger partial charge in [-0.25, -0.2) is 14.4 Å². The molecule has 0 fully saturated rings. The van der Waals surface area contributed by atoms with E-state index in [1.54, 1.807) is 19.1 Å². The Balaban J connectivity index is 1.95. The molecular weight excluding hydrogens is 472 g/mol. The van der Waals surface area contributed by atoms with Crippen LogP contribution in [0.1, 0.15) is 26.3 Å². The molecule has 3 aromatic rings. The molecule has 36 heavy (non-hydrogen) atoms. The van der Waals surface area contributed by atoms with E-state index < -0.39 is 40.9 Å². The van der Waals surface area contributed by atoms with E-state index in [4.69, 9.17) is 9.47 Å². The number of amides is 1. The molecule has 1 amide bonds. The first-order chi connectivity index (χ1) is 17.2. The number of nitro benzene ring substituents is 1. The van der Waals surface area contributed by atoms with E-state index in [-0.39, 0.29) is 22.5 Å². The van der Waals surface area contributed by atoms with Crippen LogP contribution in [0.25, 0.3) is 0 Å². The number of carbonyl (C=O) groups is 4. The van der Waals surface area contributed by atoms with Crippen molar-refractivity contribution in [2.24, 2.45) is 0 Å². The highest BCUT2D eigenvalue weighted by molar-refractivity contribution is 6.02. The van der Waals surface area contributed by atoms with Gasteiger partial charge in [0, 0.05) is 12.1 Å². The molecule has 184 valence electrons. The molecule has 0 saturated carbocycles. The molecule has 11 nitrogen and oxygen atoms in total. The summed E-state index contributed by atoms with van der Waals surface area (Å²) >= 11 is 0. The van der Waals surface area contributed by atoms with Gasteiger partial charge in [-0.2, -0.15) is 0 Å². The summed E-state index contributed by atoms with van der Waals surface area (Å²) in [4.78, 5) is 60.9. The number of carboxylic acids is 1. The number of non-ortho nitro benzene ring substituents is 1. The fraction of sp³-hybridized carbons (Fsp3) is 0.120. The quantitative estimate of drug-likeness (QED) is 0.259. The van der Waals surface area contributed by atoms with Crippen molar-refractivity contribution in [1.29, 1.82) is 0 Å². The van der Waals surface area contributed by atoms with E-state index in [1.807, 2.05) is 0 Å². The van der Waals surface area contributed by atoms with E-state index in [9.17, 15) is 34.4 Å². The lowest BCUT2D eigenvalue weighted by molar-refractivity contribution is -0.384. The molecule has 0 radical (unpaired) electrons. The minimum atomic E-state index is -2.23. The predicted molar refractivity (Wildman–Crippen MR) is 125 cm³/mol. The van der Waals surface area contributed by atoms with Crippen molar-refractivity contribution in [3.8, 4) is 0 Å². The molecule has 3 aromatic carbocycles. The van der Waals surface area contributed by atoms with Crippen LogP contribution in [0.4, 0.5) is 11.4 Å². The Morgan fingerprint density at radius 2 is 1.33 bits per heavy atom. The molecule has 0 aliphatic carbocycles. The predicted octanol–water partition coefficient (Wildman–Crippen LogP) is 3.38. The number of hydrogen-bond donors (Lipinski definition) is 2. The number of nitrogens with one attached hydrogen (secondary N) is 1. The number of carboxylic acid groups (broad SMARTS) is 1. The first-order valence-corrected chi connectivity index (χ1v) is 10.5. The lowest BCUT2D eigenvalue weighted by Crippen LogP contribution is -2.48. The summed E-state index contributed by atoms with van der Waals surface area (Å²) < 4.78 is 10.3. The highest BCUT2D eigenvalue weighted by atomic mass is 16.6. The van der Waals surface area contributed by atoms with Gasteiger partial charge in [-0.3, -0.25) is 14.9 Å². The zero-order chi connectivity index (χ0) is 26.2. The third kappa shape index (κ3) is 6.29. The molecule has 0 bridgehead atoms. The summed E-state index contributed by atoms with van der Waals surface area (Å²) in [5, 5.41) is 23.2. The number of hydrogen-bond acceptors (Lipinski definition) is 8. The van der Waals surface area contributed by atoms with Crippen molar-refractivity contribution < 1.29 is 38.7 Å². The van der Waals surface area contributed by atoms with E-state index in [0.717, 1.165) is 6.07 Å². The number of esters is 2. The number of ether oxygens (including phenoxy) is 2. The highest BCUT2D eigenvalue weighted by Gasteiger charge is 2.41. The van der Waals surface area contributed by atoms with Gasteiger partial charge in [0.2, 0.25) is 12.2 Å². The molecule has 0 saturated heterocycles. The highest BCUT2D eigenvalue weighted by Crippen LogP contribution is 2.23. The average Bonchev–Trinajstić information content (AvgIpc) is 2.87. The van der Waals surface area contributed by atoms with Crippen LogP contribution < -0.4 is 5.32 Å². The zero-order valence-electron chi connectivity index (χ0n) is 18.8. The zero-order valence-corrected chi connectivity index (χ0v) is 18.8. The molecule has 2 N–H and O–H groups in total. The molecule has 3 rings (SSSR count). The van der Waals surface area contributed by atoms with Gasteiger partial charge in [0.25, 0.3) is 11.6 Å². The fourth-order valence-corrected chi connectivity index (χ4v) is 3.07. The Bertz CT molecular complexity index is 1290. The van der Waals surface area contributed by atoms with Crippen LogP contribution in [0, 0.1) is 17.0 Å². The van der Waals surface area contributed by atoms with E-state index in [0.29, 0.717) is 5.56 Å². The SMILES string of the molecule is Cc1ccc([N+](=O)[O-])cc1NC(=O)[C@@H](OC(=O)c1ccccc1)[C@H](OC(=O)c1ccccc1)C(=O)O. The Labute approximate surface area is 204 Å². The maximum Gasteiger partial charge on any atom is 0.349 e. The van der Waals surface area contributed by atoms with Gasteiger partial charge in [0.1, 0.15) is 0 Å². The lowest BCUT2D eigenvalue weighted by Gasteiger charge is -2.24.